The summed E-state index contributed by atoms with van der Waals surface area (Å²) < 4.78 is 10.3. The number of fused-ring (bicyclic) bond motifs is 1. The second kappa shape index (κ2) is 9.69. The molecule has 148 valence electrons. The standard InChI is InChI=1S/C17H16O2.C8H8O2/c1-19-17-9-5-8-14-15(17)10-13(11-16(14)18)12-6-3-2-4-7-12;1-10-8-5-3-2-4-7(8)6-9/h2-9,13H,10-11H2,1H3;2-6H,1H3. The molecule has 0 saturated heterocycles. The molecule has 1 atom stereocenters. The molecule has 4 heteroatoms. The van der Waals surface area contributed by atoms with Gasteiger partial charge in [-0.25, -0.2) is 0 Å². The van der Waals surface area contributed by atoms with Crippen LogP contribution in [0.1, 0.15) is 44.2 Å². The number of ether oxygens (including phenoxy) is 2. The topological polar surface area (TPSA) is 52.6 Å². The average molecular weight is 388 g/mol. The predicted molar refractivity (Wildman–Crippen MR) is 113 cm³/mol. The fraction of sp³-hybridized carbons (Fsp3) is 0.200. The van der Waals surface area contributed by atoms with Gasteiger partial charge in [0, 0.05) is 17.5 Å². The van der Waals surface area contributed by atoms with Crippen LogP contribution in [0.3, 0.4) is 0 Å². The largest absolute Gasteiger partial charge is 0.496 e. The van der Waals surface area contributed by atoms with Gasteiger partial charge in [0.25, 0.3) is 0 Å². The lowest BCUT2D eigenvalue weighted by Gasteiger charge is -2.25. The molecule has 0 bridgehead atoms. The summed E-state index contributed by atoms with van der Waals surface area (Å²) in [6.07, 6.45) is 2.23. The van der Waals surface area contributed by atoms with Gasteiger partial charge in [-0.15, -0.1) is 0 Å². The van der Waals surface area contributed by atoms with E-state index in [4.69, 9.17) is 9.47 Å². The number of hydrogen-bond donors (Lipinski definition) is 0. The Bertz CT molecular complexity index is 979. The Morgan fingerprint density at radius 3 is 2.10 bits per heavy atom. The number of benzene rings is 3. The third-order valence-electron chi connectivity index (χ3n) is 5.07. The van der Waals surface area contributed by atoms with Gasteiger partial charge < -0.3 is 9.47 Å². The van der Waals surface area contributed by atoms with Crippen molar-refractivity contribution >= 4 is 12.1 Å². The first kappa shape index (κ1) is 20.3. The third-order valence-corrected chi connectivity index (χ3v) is 5.07. The molecule has 1 aliphatic carbocycles. The maximum absolute atomic E-state index is 12.3. The molecule has 0 amide bonds. The van der Waals surface area contributed by atoms with E-state index in [0.717, 1.165) is 29.6 Å². The summed E-state index contributed by atoms with van der Waals surface area (Å²) in [6, 6.07) is 23.1. The summed E-state index contributed by atoms with van der Waals surface area (Å²) in [5.41, 5.74) is 3.69. The fourth-order valence-corrected chi connectivity index (χ4v) is 3.61. The van der Waals surface area contributed by atoms with Gasteiger partial charge in [0.05, 0.1) is 19.8 Å². The lowest BCUT2D eigenvalue weighted by atomic mass is 9.79. The van der Waals surface area contributed by atoms with Gasteiger partial charge in [0.15, 0.2) is 12.1 Å². The minimum absolute atomic E-state index is 0.217. The van der Waals surface area contributed by atoms with Crippen molar-refractivity contribution in [3.05, 3.63) is 95.1 Å². The molecule has 0 radical (unpaired) electrons. The molecule has 0 spiro atoms. The van der Waals surface area contributed by atoms with Gasteiger partial charge in [-0.2, -0.15) is 0 Å². The number of rotatable bonds is 4. The van der Waals surface area contributed by atoms with Crippen LogP contribution in [0.4, 0.5) is 0 Å². The predicted octanol–water partition coefficient (Wildman–Crippen LogP) is 5.12. The maximum Gasteiger partial charge on any atom is 0.163 e. The highest BCUT2D eigenvalue weighted by Crippen LogP contribution is 2.36. The lowest BCUT2D eigenvalue weighted by molar-refractivity contribution is 0.0963. The van der Waals surface area contributed by atoms with E-state index < -0.39 is 0 Å². The summed E-state index contributed by atoms with van der Waals surface area (Å²) in [5.74, 6) is 1.93. The smallest absolute Gasteiger partial charge is 0.163 e. The normalized spacial score (nSPS) is 14.8. The van der Waals surface area contributed by atoms with Crippen LogP contribution >= 0.6 is 0 Å². The summed E-state index contributed by atoms with van der Waals surface area (Å²) in [5, 5.41) is 0. The van der Waals surface area contributed by atoms with Crippen LogP contribution in [0.25, 0.3) is 0 Å². The van der Waals surface area contributed by atoms with E-state index >= 15 is 0 Å². The Morgan fingerprint density at radius 2 is 1.45 bits per heavy atom. The van der Waals surface area contributed by atoms with Crippen molar-refractivity contribution in [1.29, 1.82) is 0 Å². The molecule has 3 aromatic carbocycles. The second-order valence-electron chi connectivity index (χ2n) is 6.79. The van der Waals surface area contributed by atoms with Gasteiger partial charge in [0.1, 0.15) is 11.5 Å². The molecule has 4 rings (SSSR count). The zero-order chi connectivity index (χ0) is 20.6. The SMILES string of the molecule is COc1cccc2c1CC(c1ccccc1)CC2=O.COc1ccccc1C=O. The van der Waals surface area contributed by atoms with E-state index in [2.05, 4.69) is 12.1 Å². The van der Waals surface area contributed by atoms with Gasteiger partial charge in [0.2, 0.25) is 0 Å². The van der Waals surface area contributed by atoms with Crippen LogP contribution in [0.2, 0.25) is 0 Å². The van der Waals surface area contributed by atoms with Crippen molar-refractivity contribution in [2.24, 2.45) is 0 Å². The molecule has 0 N–H and O–H groups in total. The number of ketones is 1. The molecule has 0 aliphatic heterocycles. The Kier molecular flexibility index (Phi) is 6.80. The van der Waals surface area contributed by atoms with Crippen molar-refractivity contribution in [3.8, 4) is 11.5 Å². The van der Waals surface area contributed by atoms with Crippen LogP contribution in [-0.2, 0) is 6.42 Å². The van der Waals surface area contributed by atoms with Crippen LogP contribution in [0.5, 0.6) is 11.5 Å². The Morgan fingerprint density at radius 1 is 0.793 bits per heavy atom. The molecule has 29 heavy (non-hydrogen) atoms. The Hall–Kier alpha value is -3.40. The van der Waals surface area contributed by atoms with Crippen LogP contribution < -0.4 is 9.47 Å². The minimum Gasteiger partial charge on any atom is -0.496 e. The number of para-hydroxylation sites is 1. The van der Waals surface area contributed by atoms with Crippen LogP contribution in [0.15, 0.2) is 72.8 Å². The van der Waals surface area contributed by atoms with E-state index in [0.29, 0.717) is 17.7 Å². The van der Waals surface area contributed by atoms with Gasteiger partial charge >= 0.3 is 0 Å². The quantitative estimate of drug-likeness (QED) is 0.583. The number of methoxy groups -OCH3 is 2. The first-order chi connectivity index (χ1) is 14.2. The van der Waals surface area contributed by atoms with E-state index in [1.165, 1.54) is 5.56 Å². The average Bonchev–Trinajstić information content (AvgIpc) is 2.79. The maximum atomic E-state index is 12.3. The summed E-state index contributed by atoms with van der Waals surface area (Å²) in [6.45, 7) is 0. The molecule has 1 unspecified atom stereocenters. The molecule has 0 fully saturated rings. The van der Waals surface area contributed by atoms with Crippen LogP contribution in [0, 0.1) is 0 Å². The zero-order valence-electron chi connectivity index (χ0n) is 16.6. The minimum atomic E-state index is 0.217. The molecule has 0 heterocycles. The van der Waals surface area contributed by atoms with Gasteiger partial charge in [-0.3, -0.25) is 9.59 Å². The summed E-state index contributed by atoms with van der Waals surface area (Å²) >= 11 is 0. The number of hydrogen-bond acceptors (Lipinski definition) is 4. The molecular weight excluding hydrogens is 364 g/mol. The molecule has 1 aliphatic rings. The molecule has 3 aromatic rings. The van der Waals surface area contributed by atoms with Crippen molar-refractivity contribution in [2.75, 3.05) is 14.2 Å². The van der Waals surface area contributed by atoms with Crippen molar-refractivity contribution in [1.82, 2.24) is 0 Å². The monoisotopic (exact) mass is 388 g/mol. The number of Topliss-reactive ketones (excluding diaryl/α,β-unsaturated/α-hetero) is 1. The fourth-order valence-electron chi connectivity index (χ4n) is 3.61. The van der Waals surface area contributed by atoms with E-state index in [-0.39, 0.29) is 11.7 Å². The highest BCUT2D eigenvalue weighted by molar-refractivity contribution is 5.99. The van der Waals surface area contributed by atoms with Gasteiger partial charge in [-0.1, -0.05) is 54.6 Å². The van der Waals surface area contributed by atoms with Gasteiger partial charge in [-0.05, 0) is 36.1 Å². The molecular formula is C25H24O4. The Balaban J connectivity index is 0.000000204. The Labute approximate surface area is 171 Å². The number of aldehydes is 1. The van der Waals surface area contributed by atoms with Crippen LogP contribution in [-0.4, -0.2) is 26.3 Å². The highest BCUT2D eigenvalue weighted by atomic mass is 16.5. The molecule has 0 saturated carbocycles. The highest BCUT2D eigenvalue weighted by Gasteiger charge is 2.28. The molecule has 4 nitrogen and oxygen atoms in total. The van der Waals surface area contributed by atoms with E-state index in [1.807, 2.05) is 42.5 Å². The first-order valence-electron chi connectivity index (χ1n) is 9.50. The van der Waals surface area contributed by atoms with E-state index in [1.54, 1.807) is 32.4 Å². The first-order valence-corrected chi connectivity index (χ1v) is 9.50. The number of carbonyl (C=O) groups is 2. The zero-order valence-corrected chi connectivity index (χ0v) is 16.6. The lowest BCUT2D eigenvalue weighted by Crippen LogP contribution is -2.19. The summed E-state index contributed by atoms with van der Waals surface area (Å²) in [7, 11) is 3.20. The van der Waals surface area contributed by atoms with E-state index in [9.17, 15) is 9.59 Å². The van der Waals surface area contributed by atoms with Crippen molar-refractivity contribution < 1.29 is 19.1 Å². The third kappa shape index (κ3) is 4.72. The summed E-state index contributed by atoms with van der Waals surface area (Å²) in [4.78, 5) is 22.6. The number of carbonyl (C=O) groups excluding carboxylic acids is 2. The second-order valence-corrected chi connectivity index (χ2v) is 6.79. The van der Waals surface area contributed by atoms with Crippen molar-refractivity contribution in [3.63, 3.8) is 0 Å². The molecule has 0 aromatic heterocycles. The van der Waals surface area contributed by atoms with Crippen molar-refractivity contribution in [2.45, 2.75) is 18.8 Å².